The third-order valence-electron chi connectivity index (χ3n) is 3.58. The highest BCUT2D eigenvalue weighted by molar-refractivity contribution is 6.32. The maximum absolute atomic E-state index is 6.14. The Hall–Kier alpha value is -0.470. The van der Waals surface area contributed by atoms with E-state index >= 15 is 0 Å². The number of aromatic nitrogens is 1. The minimum absolute atomic E-state index is 0.241. The molecule has 2 nitrogen and oxygen atoms in total. The van der Waals surface area contributed by atoms with E-state index in [0.717, 1.165) is 18.4 Å². The van der Waals surface area contributed by atoms with Crippen LogP contribution in [-0.4, -0.2) is 11.1 Å². The van der Waals surface area contributed by atoms with Gasteiger partial charge in [-0.2, -0.15) is 0 Å². The zero-order valence-corrected chi connectivity index (χ0v) is 12.4. The van der Waals surface area contributed by atoms with Crippen molar-refractivity contribution < 1.29 is 4.74 Å². The second kappa shape index (κ2) is 5.66. The molecule has 0 radical (unpaired) electrons. The van der Waals surface area contributed by atoms with Crippen LogP contribution in [0.4, 0.5) is 0 Å². The van der Waals surface area contributed by atoms with Gasteiger partial charge in [-0.15, -0.1) is 11.6 Å². The Bertz CT molecular complexity index is 410. The molecule has 0 bridgehead atoms. The van der Waals surface area contributed by atoms with Gasteiger partial charge >= 0.3 is 0 Å². The molecule has 18 heavy (non-hydrogen) atoms. The van der Waals surface area contributed by atoms with Gasteiger partial charge in [0, 0.05) is 12.1 Å². The number of alkyl halides is 1. The van der Waals surface area contributed by atoms with Crippen LogP contribution in [0.5, 0.6) is 5.88 Å². The Balaban J connectivity index is 1.98. The van der Waals surface area contributed by atoms with Crippen LogP contribution in [0.25, 0.3) is 0 Å². The average Bonchev–Trinajstić information content (AvgIpc) is 2.34. The summed E-state index contributed by atoms with van der Waals surface area (Å²) in [5, 5.41) is 0.554. The minimum atomic E-state index is 0.241. The van der Waals surface area contributed by atoms with Crippen molar-refractivity contribution in [2.75, 3.05) is 0 Å². The maximum Gasteiger partial charge on any atom is 0.232 e. The molecule has 1 aliphatic rings. The number of ether oxygens (including phenoxy) is 1. The summed E-state index contributed by atoms with van der Waals surface area (Å²) in [5.41, 5.74) is 1.36. The van der Waals surface area contributed by atoms with Crippen molar-refractivity contribution in [3.8, 4) is 5.88 Å². The molecule has 1 heterocycles. The average molecular weight is 288 g/mol. The van der Waals surface area contributed by atoms with Crippen molar-refractivity contribution in [3.05, 3.63) is 22.8 Å². The molecule has 0 N–H and O–H groups in total. The molecule has 0 aliphatic heterocycles. The van der Waals surface area contributed by atoms with E-state index < -0.39 is 0 Å². The molecule has 0 saturated heterocycles. The van der Waals surface area contributed by atoms with Crippen molar-refractivity contribution in [3.63, 3.8) is 0 Å². The monoisotopic (exact) mass is 287 g/mol. The molecule has 0 aromatic carbocycles. The van der Waals surface area contributed by atoms with E-state index in [1.165, 1.54) is 12.8 Å². The highest BCUT2D eigenvalue weighted by atomic mass is 35.5. The summed E-state index contributed by atoms with van der Waals surface area (Å²) in [4.78, 5) is 4.24. The van der Waals surface area contributed by atoms with Gasteiger partial charge in [-0.1, -0.05) is 25.4 Å². The molecular weight excluding hydrogens is 269 g/mol. The Morgan fingerprint density at radius 3 is 2.61 bits per heavy atom. The molecule has 0 atom stereocenters. The highest BCUT2D eigenvalue weighted by Gasteiger charge is 2.28. The summed E-state index contributed by atoms with van der Waals surface area (Å²) in [6, 6.07) is 1.82. The summed E-state index contributed by atoms with van der Waals surface area (Å²) < 4.78 is 5.89. The Labute approximate surface area is 119 Å². The van der Waals surface area contributed by atoms with Crippen molar-refractivity contribution in [2.24, 2.45) is 5.41 Å². The number of rotatable bonds is 3. The lowest BCUT2D eigenvalue weighted by Crippen LogP contribution is -2.28. The quantitative estimate of drug-likeness (QED) is 0.744. The second-order valence-electron chi connectivity index (χ2n) is 5.75. The fourth-order valence-electron chi connectivity index (χ4n) is 2.27. The van der Waals surface area contributed by atoms with E-state index in [9.17, 15) is 0 Å². The molecule has 1 fully saturated rings. The summed E-state index contributed by atoms with van der Waals surface area (Å²) in [7, 11) is 0. The molecule has 4 heteroatoms. The molecule has 100 valence electrons. The van der Waals surface area contributed by atoms with Crippen LogP contribution >= 0.6 is 23.2 Å². The van der Waals surface area contributed by atoms with Crippen molar-refractivity contribution in [2.45, 2.75) is 51.5 Å². The van der Waals surface area contributed by atoms with Crippen molar-refractivity contribution in [1.29, 1.82) is 0 Å². The summed E-state index contributed by atoms with van der Waals surface area (Å²) in [6.45, 7) is 4.62. The summed E-state index contributed by atoms with van der Waals surface area (Å²) in [6.07, 6.45) is 6.49. The Morgan fingerprint density at radius 1 is 1.39 bits per heavy atom. The van der Waals surface area contributed by atoms with E-state index in [-0.39, 0.29) is 6.10 Å². The number of hydrogen-bond donors (Lipinski definition) is 0. The van der Waals surface area contributed by atoms with Crippen LogP contribution in [0.3, 0.4) is 0 Å². The van der Waals surface area contributed by atoms with Crippen molar-refractivity contribution >= 4 is 23.2 Å². The topological polar surface area (TPSA) is 22.1 Å². The largest absolute Gasteiger partial charge is 0.473 e. The summed E-state index contributed by atoms with van der Waals surface area (Å²) in [5.74, 6) is 0.959. The number of halogens is 2. The number of hydrogen-bond acceptors (Lipinski definition) is 2. The molecule has 0 spiro atoms. The van der Waals surface area contributed by atoms with E-state index in [1.807, 2.05) is 6.07 Å². The van der Waals surface area contributed by atoms with Gasteiger partial charge in [0.25, 0.3) is 0 Å². The molecule has 2 rings (SSSR count). The first kappa shape index (κ1) is 14.0. The standard InChI is InChI=1S/C14H19Cl2NO/c1-14(2)5-3-11(4-6-14)18-13-12(16)7-10(8-15)9-17-13/h7,9,11H,3-6,8H2,1-2H3. The zero-order chi connectivity index (χ0) is 13.2. The molecule has 0 unspecified atom stereocenters. The minimum Gasteiger partial charge on any atom is -0.473 e. The van der Waals surface area contributed by atoms with Crippen LogP contribution in [0.2, 0.25) is 5.02 Å². The third kappa shape index (κ3) is 3.52. The first-order chi connectivity index (χ1) is 8.50. The molecule has 1 aromatic rings. The molecule has 1 aromatic heterocycles. The zero-order valence-electron chi connectivity index (χ0n) is 10.9. The number of nitrogens with zero attached hydrogens (tertiary/aromatic N) is 1. The van der Waals surface area contributed by atoms with Gasteiger partial charge in [0.15, 0.2) is 0 Å². The number of pyridine rings is 1. The van der Waals surface area contributed by atoms with Crippen molar-refractivity contribution in [1.82, 2.24) is 4.98 Å². The third-order valence-corrected chi connectivity index (χ3v) is 4.16. The SMILES string of the molecule is CC1(C)CCC(Oc2ncc(CCl)cc2Cl)CC1. The first-order valence-electron chi connectivity index (χ1n) is 6.37. The van der Waals surface area contributed by atoms with Gasteiger partial charge in [0.2, 0.25) is 5.88 Å². The lowest BCUT2D eigenvalue weighted by Gasteiger charge is -2.34. The van der Waals surface area contributed by atoms with Crippen LogP contribution < -0.4 is 4.74 Å². The predicted molar refractivity (Wildman–Crippen MR) is 75.5 cm³/mol. The van der Waals surface area contributed by atoms with Gasteiger partial charge in [0.1, 0.15) is 11.1 Å². The maximum atomic E-state index is 6.14. The Kier molecular flexibility index (Phi) is 4.39. The van der Waals surface area contributed by atoms with Gasteiger partial charge in [-0.3, -0.25) is 0 Å². The fourth-order valence-corrected chi connectivity index (χ4v) is 2.65. The lowest BCUT2D eigenvalue weighted by molar-refractivity contribution is 0.0950. The van der Waals surface area contributed by atoms with Gasteiger partial charge in [-0.25, -0.2) is 4.98 Å². The van der Waals surface area contributed by atoms with Crippen LogP contribution in [0.1, 0.15) is 45.1 Å². The first-order valence-corrected chi connectivity index (χ1v) is 7.28. The van der Waals surface area contributed by atoms with E-state index in [2.05, 4.69) is 18.8 Å². The van der Waals surface area contributed by atoms with Crippen LogP contribution in [0.15, 0.2) is 12.3 Å². The predicted octanol–water partition coefficient (Wildman–Crippen LogP) is 4.82. The smallest absolute Gasteiger partial charge is 0.232 e. The Morgan fingerprint density at radius 2 is 2.06 bits per heavy atom. The van der Waals surface area contributed by atoms with Gasteiger partial charge in [-0.05, 0) is 42.7 Å². The normalized spacial score (nSPS) is 19.8. The lowest BCUT2D eigenvalue weighted by atomic mass is 9.76. The molecule has 1 saturated carbocycles. The highest BCUT2D eigenvalue weighted by Crippen LogP contribution is 2.37. The second-order valence-corrected chi connectivity index (χ2v) is 6.42. The van der Waals surface area contributed by atoms with Gasteiger partial charge < -0.3 is 4.74 Å². The molecular formula is C14H19Cl2NO. The summed E-state index contributed by atoms with van der Waals surface area (Å²) >= 11 is 11.9. The van der Waals surface area contributed by atoms with Gasteiger partial charge in [0.05, 0.1) is 0 Å². The fraction of sp³-hybridized carbons (Fsp3) is 0.643. The molecule has 1 aliphatic carbocycles. The molecule has 0 amide bonds. The van der Waals surface area contributed by atoms with E-state index in [0.29, 0.717) is 22.2 Å². The van der Waals surface area contributed by atoms with E-state index in [4.69, 9.17) is 27.9 Å². The van der Waals surface area contributed by atoms with E-state index in [1.54, 1.807) is 6.20 Å². The van der Waals surface area contributed by atoms with Crippen LogP contribution in [-0.2, 0) is 5.88 Å². The van der Waals surface area contributed by atoms with Crippen LogP contribution in [0, 0.1) is 5.41 Å².